The van der Waals surface area contributed by atoms with E-state index in [0.29, 0.717) is 29.4 Å². The molecule has 3 aromatic rings. The van der Waals surface area contributed by atoms with E-state index in [1.165, 1.54) is 31.4 Å². The molecule has 1 aromatic heterocycles. The largest absolute Gasteiger partial charge is 0.497 e. The highest BCUT2D eigenvalue weighted by molar-refractivity contribution is 7.92. The van der Waals surface area contributed by atoms with Crippen LogP contribution >= 0.6 is 0 Å². The first kappa shape index (κ1) is 18.9. The molecule has 0 spiro atoms. The van der Waals surface area contributed by atoms with Gasteiger partial charge in [0.2, 0.25) is 0 Å². The van der Waals surface area contributed by atoms with Gasteiger partial charge in [-0.3, -0.25) is 9.40 Å². The molecule has 142 valence electrons. The molecule has 27 heavy (non-hydrogen) atoms. The average molecular weight is 389 g/mol. The van der Waals surface area contributed by atoms with Gasteiger partial charge < -0.3 is 4.74 Å². The normalized spacial score (nSPS) is 11.4. The predicted molar refractivity (Wildman–Crippen MR) is 101 cm³/mol. The van der Waals surface area contributed by atoms with Crippen LogP contribution in [0.15, 0.2) is 53.4 Å². The number of benzene rings is 2. The minimum Gasteiger partial charge on any atom is -0.497 e. The van der Waals surface area contributed by atoms with Crippen LogP contribution in [-0.4, -0.2) is 25.3 Å². The van der Waals surface area contributed by atoms with Gasteiger partial charge in [0.15, 0.2) is 0 Å². The van der Waals surface area contributed by atoms with Crippen LogP contribution in [0, 0.1) is 19.7 Å². The number of hydrogen-bond donors (Lipinski definition) is 1. The fourth-order valence-electron chi connectivity index (χ4n) is 2.71. The van der Waals surface area contributed by atoms with Crippen LogP contribution in [-0.2, 0) is 16.6 Å². The maximum atomic E-state index is 13.1. The van der Waals surface area contributed by atoms with Crippen LogP contribution in [0.2, 0.25) is 0 Å². The molecule has 3 rings (SSSR count). The Hall–Kier alpha value is -2.87. The summed E-state index contributed by atoms with van der Waals surface area (Å²) in [7, 11) is -2.24. The third-order valence-electron chi connectivity index (χ3n) is 4.23. The molecule has 0 aliphatic heterocycles. The van der Waals surface area contributed by atoms with Gasteiger partial charge in [0.25, 0.3) is 10.0 Å². The molecular formula is C19H20FN3O3S. The van der Waals surface area contributed by atoms with E-state index in [1.807, 2.05) is 0 Å². The quantitative estimate of drug-likeness (QED) is 0.700. The molecule has 0 saturated carbocycles. The third-order valence-corrected chi connectivity index (χ3v) is 5.60. The van der Waals surface area contributed by atoms with Crippen LogP contribution in [0.25, 0.3) is 0 Å². The molecule has 2 aromatic carbocycles. The number of halogens is 1. The number of sulfonamides is 1. The molecule has 0 bridgehead atoms. The van der Waals surface area contributed by atoms with Gasteiger partial charge >= 0.3 is 0 Å². The minimum atomic E-state index is -3.76. The van der Waals surface area contributed by atoms with Gasteiger partial charge in [-0.25, -0.2) is 12.8 Å². The van der Waals surface area contributed by atoms with E-state index in [2.05, 4.69) is 9.82 Å². The summed E-state index contributed by atoms with van der Waals surface area (Å²) in [6, 6.07) is 12.3. The Kier molecular flexibility index (Phi) is 5.18. The summed E-state index contributed by atoms with van der Waals surface area (Å²) in [6.45, 7) is 3.94. The number of hydrogen-bond acceptors (Lipinski definition) is 4. The SMILES string of the molecule is COc1ccc(S(=O)(=O)Nc2c(C)nn(Cc3ccc(F)cc3)c2C)cc1. The van der Waals surface area contributed by atoms with Crippen molar-refractivity contribution in [1.82, 2.24) is 9.78 Å². The summed E-state index contributed by atoms with van der Waals surface area (Å²) in [5.74, 6) is 0.272. The second kappa shape index (κ2) is 7.40. The van der Waals surface area contributed by atoms with Crippen molar-refractivity contribution in [2.45, 2.75) is 25.3 Å². The lowest BCUT2D eigenvalue weighted by atomic mass is 10.2. The van der Waals surface area contributed by atoms with E-state index >= 15 is 0 Å². The first-order chi connectivity index (χ1) is 12.8. The summed E-state index contributed by atoms with van der Waals surface area (Å²) >= 11 is 0. The highest BCUT2D eigenvalue weighted by Gasteiger charge is 2.20. The van der Waals surface area contributed by atoms with Gasteiger partial charge in [-0.1, -0.05) is 12.1 Å². The van der Waals surface area contributed by atoms with Crippen LogP contribution in [0.4, 0.5) is 10.1 Å². The highest BCUT2D eigenvalue weighted by Crippen LogP contribution is 2.25. The number of rotatable bonds is 6. The summed E-state index contributed by atoms with van der Waals surface area (Å²) in [6.07, 6.45) is 0. The van der Waals surface area contributed by atoms with Crippen LogP contribution in [0.3, 0.4) is 0 Å². The van der Waals surface area contributed by atoms with Crippen molar-refractivity contribution in [3.63, 3.8) is 0 Å². The summed E-state index contributed by atoms with van der Waals surface area (Å²) in [5.41, 5.74) is 2.54. The summed E-state index contributed by atoms with van der Waals surface area (Å²) in [4.78, 5) is 0.133. The number of ether oxygens (including phenoxy) is 1. The van der Waals surface area contributed by atoms with E-state index in [4.69, 9.17) is 4.74 Å². The zero-order valence-electron chi connectivity index (χ0n) is 15.2. The molecular weight excluding hydrogens is 369 g/mol. The van der Waals surface area contributed by atoms with Gasteiger partial charge in [0.1, 0.15) is 11.6 Å². The summed E-state index contributed by atoms with van der Waals surface area (Å²) in [5, 5.41) is 4.41. The molecule has 0 amide bonds. The minimum absolute atomic E-state index is 0.133. The van der Waals surface area contributed by atoms with Crippen LogP contribution in [0.1, 0.15) is 17.0 Å². The fourth-order valence-corrected chi connectivity index (χ4v) is 3.89. The van der Waals surface area contributed by atoms with Crippen molar-refractivity contribution in [3.8, 4) is 5.75 Å². The van der Waals surface area contributed by atoms with Crippen LogP contribution in [0.5, 0.6) is 5.75 Å². The van der Waals surface area contributed by atoms with Crippen LogP contribution < -0.4 is 9.46 Å². The zero-order chi connectivity index (χ0) is 19.6. The number of aryl methyl sites for hydroxylation is 1. The van der Waals surface area contributed by atoms with Crippen molar-refractivity contribution < 1.29 is 17.5 Å². The van der Waals surface area contributed by atoms with Gasteiger partial charge in [-0.2, -0.15) is 5.10 Å². The van der Waals surface area contributed by atoms with E-state index in [-0.39, 0.29) is 10.7 Å². The standard InChI is InChI=1S/C19H20FN3O3S/c1-13-19(22-27(24,25)18-10-8-17(26-3)9-11-18)14(2)23(21-13)12-15-4-6-16(20)7-5-15/h4-11,22H,12H2,1-3H3. The number of aromatic nitrogens is 2. The first-order valence-electron chi connectivity index (χ1n) is 8.25. The van der Waals surface area contributed by atoms with Gasteiger partial charge in [-0.05, 0) is 55.8 Å². The zero-order valence-corrected chi connectivity index (χ0v) is 16.0. The fraction of sp³-hybridized carbons (Fsp3) is 0.211. The molecule has 0 aliphatic carbocycles. The molecule has 0 unspecified atom stereocenters. The number of nitrogens with one attached hydrogen (secondary N) is 1. The Bertz CT molecular complexity index is 1040. The Morgan fingerprint density at radius 2 is 1.70 bits per heavy atom. The Labute approximate surface area is 157 Å². The van der Waals surface area contributed by atoms with Gasteiger partial charge in [-0.15, -0.1) is 0 Å². The number of anilines is 1. The number of methoxy groups -OCH3 is 1. The molecule has 0 saturated heterocycles. The van der Waals surface area contributed by atoms with E-state index in [9.17, 15) is 12.8 Å². The van der Waals surface area contributed by atoms with E-state index < -0.39 is 10.0 Å². The molecule has 0 aliphatic rings. The van der Waals surface area contributed by atoms with Gasteiger partial charge in [0, 0.05) is 0 Å². The lowest BCUT2D eigenvalue weighted by Gasteiger charge is -2.10. The second-order valence-electron chi connectivity index (χ2n) is 6.11. The molecule has 0 atom stereocenters. The van der Waals surface area contributed by atoms with Crippen molar-refractivity contribution in [1.29, 1.82) is 0 Å². The third kappa shape index (κ3) is 4.11. The average Bonchev–Trinajstić information content (AvgIpc) is 2.91. The maximum Gasteiger partial charge on any atom is 0.262 e. The Morgan fingerprint density at radius 3 is 2.30 bits per heavy atom. The molecule has 6 nitrogen and oxygen atoms in total. The lowest BCUT2D eigenvalue weighted by molar-refractivity contribution is 0.414. The highest BCUT2D eigenvalue weighted by atomic mass is 32.2. The van der Waals surface area contributed by atoms with Crippen molar-refractivity contribution in [2.75, 3.05) is 11.8 Å². The smallest absolute Gasteiger partial charge is 0.262 e. The lowest BCUT2D eigenvalue weighted by Crippen LogP contribution is -2.14. The van der Waals surface area contributed by atoms with Crippen molar-refractivity contribution in [3.05, 3.63) is 71.3 Å². The second-order valence-corrected chi connectivity index (χ2v) is 7.79. The first-order valence-corrected chi connectivity index (χ1v) is 9.74. The topological polar surface area (TPSA) is 73.2 Å². The molecule has 1 N–H and O–H groups in total. The maximum absolute atomic E-state index is 13.1. The molecule has 0 fully saturated rings. The predicted octanol–water partition coefficient (Wildman–Crippen LogP) is 3.50. The Balaban J connectivity index is 1.86. The Morgan fingerprint density at radius 1 is 1.07 bits per heavy atom. The number of nitrogens with zero attached hydrogens (tertiary/aromatic N) is 2. The molecule has 0 radical (unpaired) electrons. The molecule has 1 heterocycles. The summed E-state index contributed by atoms with van der Waals surface area (Å²) < 4.78 is 47.8. The monoisotopic (exact) mass is 389 g/mol. The van der Waals surface area contributed by atoms with Crippen molar-refractivity contribution >= 4 is 15.7 Å². The van der Waals surface area contributed by atoms with Gasteiger partial charge in [0.05, 0.1) is 35.6 Å². The van der Waals surface area contributed by atoms with E-state index in [0.717, 1.165) is 5.56 Å². The van der Waals surface area contributed by atoms with E-state index in [1.54, 1.807) is 42.8 Å². The molecule has 8 heteroatoms. The van der Waals surface area contributed by atoms with Crippen molar-refractivity contribution in [2.24, 2.45) is 0 Å².